The van der Waals surface area contributed by atoms with Gasteiger partial charge in [-0.05, 0) is 6.92 Å². The number of thioether (sulfide) groups is 2. The van der Waals surface area contributed by atoms with E-state index in [-0.39, 0.29) is 12.1 Å². The maximum absolute atomic E-state index is 11.2. The average Bonchev–Trinajstić information content (AvgIpc) is 2.32. The van der Waals surface area contributed by atoms with E-state index in [1.165, 1.54) is 0 Å². The molecule has 1 fully saturated rings. The molecule has 1 heterocycles. The second-order valence-corrected chi connectivity index (χ2v) is 5.26. The van der Waals surface area contributed by atoms with E-state index in [1.54, 1.807) is 6.92 Å². The predicted octanol–water partition coefficient (Wildman–Crippen LogP) is 1.95. The first kappa shape index (κ1) is 11.0. The zero-order valence-corrected chi connectivity index (χ0v) is 9.38. The second-order valence-electron chi connectivity index (χ2n) is 2.96. The number of esters is 1. The third-order valence-electron chi connectivity index (χ3n) is 1.60. The van der Waals surface area contributed by atoms with Crippen molar-refractivity contribution >= 4 is 29.5 Å². The summed E-state index contributed by atoms with van der Waals surface area (Å²) >= 11 is 3.70. The zero-order chi connectivity index (χ0) is 9.68. The highest BCUT2D eigenvalue weighted by Gasteiger charge is 2.17. The zero-order valence-electron chi connectivity index (χ0n) is 7.75. The quantitative estimate of drug-likeness (QED) is 0.523. The molecule has 0 N–H and O–H groups in total. The van der Waals surface area contributed by atoms with Crippen LogP contribution in [0.15, 0.2) is 12.2 Å². The molecule has 0 atom stereocenters. The van der Waals surface area contributed by atoms with Crippen LogP contribution in [0.2, 0.25) is 0 Å². The normalized spacial score (nSPS) is 19.2. The van der Waals surface area contributed by atoms with E-state index in [1.807, 2.05) is 23.5 Å². The lowest BCUT2D eigenvalue weighted by molar-refractivity contribution is -0.142. The van der Waals surface area contributed by atoms with Crippen molar-refractivity contribution in [1.82, 2.24) is 0 Å². The van der Waals surface area contributed by atoms with Gasteiger partial charge in [0.1, 0.15) is 6.10 Å². The van der Waals surface area contributed by atoms with Crippen molar-refractivity contribution in [3.8, 4) is 0 Å². The first-order chi connectivity index (χ1) is 6.20. The van der Waals surface area contributed by atoms with Crippen molar-refractivity contribution < 1.29 is 9.53 Å². The van der Waals surface area contributed by atoms with Gasteiger partial charge in [0.05, 0.1) is 0 Å². The summed E-state index contributed by atoms with van der Waals surface area (Å²) in [7, 11) is 0. The fourth-order valence-corrected chi connectivity index (χ4v) is 3.24. The van der Waals surface area contributed by atoms with E-state index in [4.69, 9.17) is 4.74 Å². The molecule has 74 valence electrons. The fourth-order valence-electron chi connectivity index (χ4n) is 0.916. The Labute approximate surface area is 87.5 Å². The van der Waals surface area contributed by atoms with Crippen LogP contribution in [0.5, 0.6) is 0 Å². The third kappa shape index (κ3) is 4.09. The van der Waals surface area contributed by atoms with Gasteiger partial charge in [-0.25, -0.2) is 4.79 Å². The molecule has 0 spiro atoms. The molecule has 0 aliphatic carbocycles. The number of hydrogen-bond acceptors (Lipinski definition) is 4. The molecule has 13 heavy (non-hydrogen) atoms. The van der Waals surface area contributed by atoms with Crippen LogP contribution in [0, 0.1) is 0 Å². The van der Waals surface area contributed by atoms with Crippen molar-refractivity contribution in [2.24, 2.45) is 0 Å². The summed E-state index contributed by atoms with van der Waals surface area (Å²) in [5.74, 6) is 3.91. The highest BCUT2D eigenvalue weighted by molar-refractivity contribution is 8.03. The molecule has 1 aliphatic rings. The molecule has 2 nitrogen and oxygen atoms in total. The monoisotopic (exact) mass is 218 g/mol. The molecule has 0 bridgehead atoms. The van der Waals surface area contributed by atoms with Crippen LogP contribution in [0.3, 0.4) is 0 Å². The first-order valence-corrected chi connectivity index (χ1v) is 6.53. The van der Waals surface area contributed by atoms with Crippen LogP contribution in [-0.2, 0) is 9.53 Å². The van der Waals surface area contributed by atoms with Crippen molar-refractivity contribution in [3.63, 3.8) is 0 Å². The molecule has 0 saturated carbocycles. The molecule has 0 aromatic rings. The summed E-state index contributed by atoms with van der Waals surface area (Å²) in [6.45, 7) is 5.24. The lowest BCUT2D eigenvalue weighted by Gasteiger charge is -2.14. The Bertz CT molecular complexity index is 196. The maximum atomic E-state index is 11.2. The van der Waals surface area contributed by atoms with Gasteiger partial charge >= 0.3 is 5.97 Å². The van der Waals surface area contributed by atoms with Crippen LogP contribution >= 0.6 is 23.5 Å². The summed E-state index contributed by atoms with van der Waals surface area (Å²) in [5, 5.41) is 0. The van der Waals surface area contributed by atoms with Crippen LogP contribution in [0.25, 0.3) is 0 Å². The number of carbonyl (C=O) groups is 1. The van der Waals surface area contributed by atoms with Gasteiger partial charge in [-0.1, -0.05) is 6.58 Å². The minimum Gasteiger partial charge on any atom is -0.457 e. The molecule has 0 aromatic carbocycles. The Kier molecular flexibility index (Phi) is 4.73. The van der Waals surface area contributed by atoms with Crippen molar-refractivity contribution in [2.45, 2.75) is 13.0 Å². The van der Waals surface area contributed by atoms with Crippen LogP contribution < -0.4 is 0 Å². The van der Waals surface area contributed by atoms with Crippen molar-refractivity contribution in [3.05, 3.63) is 12.2 Å². The van der Waals surface area contributed by atoms with Gasteiger partial charge in [0, 0.05) is 28.6 Å². The fraction of sp³-hybridized carbons (Fsp3) is 0.667. The van der Waals surface area contributed by atoms with Crippen LogP contribution in [-0.4, -0.2) is 35.1 Å². The topological polar surface area (TPSA) is 26.3 Å². The van der Waals surface area contributed by atoms with Gasteiger partial charge in [-0.2, -0.15) is 23.5 Å². The van der Waals surface area contributed by atoms with E-state index in [0.29, 0.717) is 5.57 Å². The molecule has 1 saturated heterocycles. The summed E-state index contributed by atoms with van der Waals surface area (Å²) in [6.07, 6.45) is 0.0710. The Morgan fingerprint density at radius 2 is 1.92 bits per heavy atom. The number of ether oxygens (including phenoxy) is 1. The summed E-state index contributed by atoms with van der Waals surface area (Å²) < 4.78 is 5.25. The van der Waals surface area contributed by atoms with Crippen LogP contribution in [0.1, 0.15) is 6.92 Å². The first-order valence-electron chi connectivity index (χ1n) is 4.22. The van der Waals surface area contributed by atoms with Gasteiger partial charge < -0.3 is 4.74 Å². The molecule has 1 aliphatic heterocycles. The standard InChI is InChI=1S/C9H14O2S2/c1-7(2)9(10)11-8-5-12-3-4-13-6-8/h8H,1,3-6H2,2H3. The summed E-state index contributed by atoms with van der Waals surface area (Å²) in [5.41, 5.74) is 0.485. The SMILES string of the molecule is C=C(C)C(=O)OC1CSCCSC1. The highest BCUT2D eigenvalue weighted by atomic mass is 32.2. The molecule has 0 unspecified atom stereocenters. The molecule has 0 aromatic heterocycles. The third-order valence-corrected chi connectivity index (χ3v) is 4.06. The van der Waals surface area contributed by atoms with E-state index in [9.17, 15) is 4.79 Å². The van der Waals surface area contributed by atoms with E-state index < -0.39 is 0 Å². The Morgan fingerprint density at radius 3 is 2.38 bits per heavy atom. The summed E-state index contributed by atoms with van der Waals surface area (Å²) in [6, 6.07) is 0. The predicted molar refractivity (Wildman–Crippen MR) is 59.3 cm³/mol. The molecular weight excluding hydrogens is 204 g/mol. The lowest BCUT2D eigenvalue weighted by Crippen LogP contribution is -2.22. The Morgan fingerprint density at radius 1 is 1.38 bits per heavy atom. The average molecular weight is 218 g/mol. The lowest BCUT2D eigenvalue weighted by atomic mass is 10.3. The van der Waals surface area contributed by atoms with Crippen molar-refractivity contribution in [2.75, 3.05) is 23.0 Å². The van der Waals surface area contributed by atoms with E-state index in [0.717, 1.165) is 23.0 Å². The van der Waals surface area contributed by atoms with Crippen molar-refractivity contribution in [1.29, 1.82) is 0 Å². The minimum absolute atomic E-state index is 0.0710. The Balaban J connectivity index is 2.33. The van der Waals surface area contributed by atoms with E-state index in [2.05, 4.69) is 6.58 Å². The van der Waals surface area contributed by atoms with Gasteiger partial charge in [0.2, 0.25) is 0 Å². The maximum Gasteiger partial charge on any atom is 0.333 e. The van der Waals surface area contributed by atoms with Gasteiger partial charge in [0.15, 0.2) is 0 Å². The molecule has 1 rings (SSSR count). The summed E-state index contributed by atoms with van der Waals surface area (Å²) in [4.78, 5) is 11.2. The smallest absolute Gasteiger partial charge is 0.333 e. The second kappa shape index (κ2) is 5.60. The Hall–Kier alpha value is -0.0900. The van der Waals surface area contributed by atoms with Gasteiger partial charge in [-0.15, -0.1) is 0 Å². The van der Waals surface area contributed by atoms with Gasteiger partial charge in [-0.3, -0.25) is 0 Å². The van der Waals surface area contributed by atoms with Crippen LogP contribution in [0.4, 0.5) is 0 Å². The minimum atomic E-state index is -0.256. The largest absolute Gasteiger partial charge is 0.457 e. The number of rotatable bonds is 2. The van der Waals surface area contributed by atoms with Gasteiger partial charge in [0.25, 0.3) is 0 Å². The number of hydrogen-bond donors (Lipinski definition) is 0. The van der Waals surface area contributed by atoms with E-state index >= 15 is 0 Å². The molecular formula is C9H14O2S2. The highest BCUT2D eigenvalue weighted by Crippen LogP contribution is 2.19. The number of carbonyl (C=O) groups excluding carboxylic acids is 1. The molecule has 4 heteroatoms. The molecule has 0 amide bonds. The molecule has 0 radical (unpaired) electrons.